The Morgan fingerprint density at radius 3 is 2.48 bits per heavy atom. The summed E-state index contributed by atoms with van der Waals surface area (Å²) in [6.07, 6.45) is 0. The van der Waals surface area contributed by atoms with Gasteiger partial charge >= 0.3 is 0 Å². The number of aromatic nitrogens is 1. The van der Waals surface area contributed by atoms with Crippen molar-refractivity contribution in [1.29, 1.82) is 0 Å². The highest BCUT2D eigenvalue weighted by Crippen LogP contribution is 2.27. The van der Waals surface area contributed by atoms with E-state index in [0.717, 1.165) is 32.7 Å². The number of hydrogen-bond acceptors (Lipinski definition) is 5. The zero-order chi connectivity index (χ0) is 20.3. The predicted molar refractivity (Wildman–Crippen MR) is 119 cm³/mol. The second-order valence-electron chi connectivity index (χ2n) is 6.77. The Labute approximate surface area is 174 Å². The van der Waals surface area contributed by atoms with E-state index in [-0.39, 0.29) is 11.5 Å². The van der Waals surface area contributed by atoms with E-state index < -0.39 is 9.84 Å². The normalized spacial score (nSPS) is 11.6. The van der Waals surface area contributed by atoms with Crippen LogP contribution in [0.5, 0.6) is 5.75 Å². The Bertz CT molecular complexity index is 1220. The van der Waals surface area contributed by atoms with Crippen LogP contribution in [0.3, 0.4) is 0 Å². The van der Waals surface area contributed by atoms with Crippen LogP contribution in [0.1, 0.15) is 18.2 Å². The molecule has 0 unspecified atom stereocenters. The van der Waals surface area contributed by atoms with Crippen LogP contribution in [0, 0.1) is 0 Å². The van der Waals surface area contributed by atoms with Crippen molar-refractivity contribution in [3.63, 3.8) is 0 Å². The maximum absolute atomic E-state index is 12.8. The summed E-state index contributed by atoms with van der Waals surface area (Å²) in [5.41, 5.74) is 2.36. The minimum atomic E-state index is -3.34. The molecule has 0 bridgehead atoms. The average Bonchev–Trinajstić information content (AvgIpc) is 3.16. The van der Waals surface area contributed by atoms with Gasteiger partial charge < -0.3 is 4.74 Å². The van der Waals surface area contributed by atoms with Gasteiger partial charge in [0.25, 0.3) is 0 Å². The van der Waals surface area contributed by atoms with E-state index >= 15 is 0 Å². The number of thiazole rings is 1. The third-order valence-corrected chi connectivity index (χ3v) is 7.01. The molecule has 1 aromatic heterocycles. The Morgan fingerprint density at radius 2 is 1.69 bits per heavy atom. The standard InChI is InChI=1S/C23H21NO3S2/c1-2-27-21-12-10-18(11-13-21)23-24-20(14-28-23)16-29(25,26)15-19-8-5-7-17-6-3-4-9-22(17)19/h3-14H,2,15-16H2,1H3. The number of hydrogen-bond donors (Lipinski definition) is 0. The van der Waals surface area contributed by atoms with Crippen LogP contribution in [0.4, 0.5) is 0 Å². The first kappa shape index (κ1) is 19.6. The van der Waals surface area contributed by atoms with E-state index in [9.17, 15) is 8.42 Å². The summed E-state index contributed by atoms with van der Waals surface area (Å²) < 4.78 is 31.1. The van der Waals surface area contributed by atoms with Gasteiger partial charge in [0.15, 0.2) is 9.84 Å². The van der Waals surface area contributed by atoms with Gasteiger partial charge in [-0.05, 0) is 47.5 Å². The SMILES string of the molecule is CCOc1ccc(-c2nc(CS(=O)(=O)Cc3cccc4ccccc34)cs2)cc1. The molecule has 1 heterocycles. The monoisotopic (exact) mass is 423 g/mol. The zero-order valence-electron chi connectivity index (χ0n) is 16.0. The molecule has 0 fully saturated rings. The van der Waals surface area contributed by atoms with Crippen LogP contribution >= 0.6 is 11.3 Å². The summed E-state index contributed by atoms with van der Waals surface area (Å²) in [7, 11) is -3.34. The fourth-order valence-electron chi connectivity index (χ4n) is 3.30. The van der Waals surface area contributed by atoms with Crippen molar-refractivity contribution in [2.45, 2.75) is 18.4 Å². The second kappa shape index (κ2) is 8.35. The molecule has 4 nitrogen and oxygen atoms in total. The lowest BCUT2D eigenvalue weighted by atomic mass is 10.1. The molecule has 0 aliphatic heterocycles. The van der Waals surface area contributed by atoms with E-state index in [1.807, 2.05) is 79.0 Å². The quantitative estimate of drug-likeness (QED) is 0.395. The molecule has 29 heavy (non-hydrogen) atoms. The van der Waals surface area contributed by atoms with Crippen molar-refractivity contribution in [2.75, 3.05) is 6.61 Å². The number of sulfone groups is 1. The molecule has 0 radical (unpaired) electrons. The molecule has 0 amide bonds. The second-order valence-corrected chi connectivity index (χ2v) is 9.69. The number of fused-ring (bicyclic) bond motifs is 1. The maximum atomic E-state index is 12.8. The van der Waals surface area contributed by atoms with Gasteiger partial charge in [-0.3, -0.25) is 0 Å². The average molecular weight is 424 g/mol. The molecule has 0 saturated heterocycles. The van der Waals surface area contributed by atoms with Gasteiger partial charge in [0.1, 0.15) is 10.8 Å². The summed E-state index contributed by atoms with van der Waals surface area (Å²) in [4.78, 5) is 4.54. The van der Waals surface area contributed by atoms with Crippen molar-refractivity contribution in [1.82, 2.24) is 4.98 Å². The van der Waals surface area contributed by atoms with Gasteiger partial charge in [-0.2, -0.15) is 0 Å². The highest BCUT2D eigenvalue weighted by Gasteiger charge is 2.17. The first-order valence-corrected chi connectivity index (χ1v) is 12.1. The van der Waals surface area contributed by atoms with Crippen molar-refractivity contribution in [2.24, 2.45) is 0 Å². The predicted octanol–water partition coefficient (Wildman–Crippen LogP) is 5.48. The zero-order valence-corrected chi connectivity index (χ0v) is 17.7. The Kier molecular flexibility index (Phi) is 5.65. The smallest absolute Gasteiger partial charge is 0.160 e. The topological polar surface area (TPSA) is 56.3 Å². The molecule has 0 saturated carbocycles. The lowest BCUT2D eigenvalue weighted by Crippen LogP contribution is -2.08. The molecule has 0 spiro atoms. The summed E-state index contributed by atoms with van der Waals surface area (Å²) in [6.45, 7) is 2.56. The van der Waals surface area contributed by atoms with E-state index in [2.05, 4.69) is 4.98 Å². The van der Waals surface area contributed by atoms with Crippen molar-refractivity contribution in [3.8, 4) is 16.3 Å². The lowest BCUT2D eigenvalue weighted by molar-refractivity contribution is 0.340. The molecule has 0 N–H and O–H groups in total. The molecule has 0 aliphatic rings. The minimum Gasteiger partial charge on any atom is -0.494 e. The van der Waals surface area contributed by atoms with Crippen molar-refractivity contribution < 1.29 is 13.2 Å². The van der Waals surface area contributed by atoms with Crippen LogP contribution in [-0.2, 0) is 21.3 Å². The largest absolute Gasteiger partial charge is 0.494 e. The number of rotatable bonds is 7. The molecular weight excluding hydrogens is 402 g/mol. The van der Waals surface area contributed by atoms with Gasteiger partial charge in [-0.25, -0.2) is 13.4 Å². The molecule has 148 valence electrons. The van der Waals surface area contributed by atoms with Crippen LogP contribution in [-0.4, -0.2) is 20.0 Å². The van der Waals surface area contributed by atoms with Gasteiger partial charge in [0, 0.05) is 10.9 Å². The molecule has 0 atom stereocenters. The van der Waals surface area contributed by atoms with Crippen LogP contribution in [0.15, 0.2) is 72.1 Å². The van der Waals surface area contributed by atoms with Crippen molar-refractivity contribution in [3.05, 3.63) is 83.4 Å². The van der Waals surface area contributed by atoms with E-state index in [0.29, 0.717) is 12.3 Å². The highest BCUT2D eigenvalue weighted by atomic mass is 32.2. The van der Waals surface area contributed by atoms with Crippen LogP contribution < -0.4 is 4.74 Å². The fourth-order valence-corrected chi connectivity index (χ4v) is 5.66. The number of benzene rings is 3. The number of ether oxygens (including phenoxy) is 1. The Morgan fingerprint density at radius 1 is 0.931 bits per heavy atom. The van der Waals surface area contributed by atoms with E-state index in [4.69, 9.17) is 4.74 Å². The Balaban J connectivity index is 1.51. The van der Waals surface area contributed by atoms with Gasteiger partial charge in [0.2, 0.25) is 0 Å². The summed E-state index contributed by atoms with van der Waals surface area (Å²) >= 11 is 1.46. The summed E-state index contributed by atoms with van der Waals surface area (Å²) in [6, 6.07) is 21.3. The third-order valence-electron chi connectivity index (χ3n) is 4.59. The summed E-state index contributed by atoms with van der Waals surface area (Å²) in [5.74, 6) is 0.749. The van der Waals surface area contributed by atoms with Gasteiger partial charge in [-0.15, -0.1) is 11.3 Å². The molecule has 6 heteroatoms. The minimum absolute atomic E-state index is 0.00423. The fraction of sp³-hybridized carbons (Fsp3) is 0.174. The third kappa shape index (κ3) is 4.66. The van der Waals surface area contributed by atoms with Crippen LogP contribution in [0.2, 0.25) is 0 Å². The molecule has 3 aromatic carbocycles. The molecular formula is C23H21NO3S2. The molecule has 0 aliphatic carbocycles. The summed E-state index contributed by atoms with van der Waals surface area (Å²) in [5, 5.41) is 4.66. The van der Waals surface area contributed by atoms with Gasteiger partial charge in [0.05, 0.1) is 23.8 Å². The Hall–Kier alpha value is -2.70. The van der Waals surface area contributed by atoms with Crippen LogP contribution in [0.25, 0.3) is 21.3 Å². The van der Waals surface area contributed by atoms with Crippen molar-refractivity contribution >= 4 is 31.9 Å². The maximum Gasteiger partial charge on any atom is 0.160 e. The van der Waals surface area contributed by atoms with E-state index in [1.165, 1.54) is 11.3 Å². The lowest BCUT2D eigenvalue weighted by Gasteiger charge is -2.07. The molecule has 4 aromatic rings. The molecule has 4 rings (SSSR count). The first-order chi connectivity index (χ1) is 14.0. The van der Waals surface area contributed by atoms with E-state index in [1.54, 1.807) is 0 Å². The number of nitrogens with zero attached hydrogens (tertiary/aromatic N) is 1. The van der Waals surface area contributed by atoms with Gasteiger partial charge in [-0.1, -0.05) is 42.5 Å². The first-order valence-electron chi connectivity index (χ1n) is 9.39. The highest BCUT2D eigenvalue weighted by molar-refractivity contribution is 7.89.